The fourth-order valence-electron chi connectivity index (χ4n) is 3.31. The molecule has 0 aromatic rings. The molecule has 0 atom stereocenters. The van der Waals surface area contributed by atoms with Crippen molar-refractivity contribution >= 4 is 23.1 Å². The van der Waals surface area contributed by atoms with E-state index in [2.05, 4.69) is 0 Å². The third kappa shape index (κ3) is 3.08. The SMILES string of the molecule is CN(CC1CCCC1)C(=O)C1(C(N)=S)CCOCC1. The minimum atomic E-state index is -0.666. The highest BCUT2D eigenvalue weighted by Gasteiger charge is 2.44. The minimum Gasteiger partial charge on any atom is -0.392 e. The largest absolute Gasteiger partial charge is 0.392 e. The van der Waals surface area contributed by atoms with Gasteiger partial charge in [0.1, 0.15) is 5.41 Å². The standard InChI is InChI=1S/C14H24N2O2S/c1-16(10-11-4-2-3-5-11)13(17)14(12(15)19)6-8-18-9-7-14/h11H,2-10H2,1H3,(H2,15,19). The zero-order valence-electron chi connectivity index (χ0n) is 11.7. The minimum absolute atomic E-state index is 0.0928. The molecule has 19 heavy (non-hydrogen) atoms. The number of nitrogens with two attached hydrogens (primary N) is 1. The molecular formula is C14H24N2O2S. The van der Waals surface area contributed by atoms with Crippen LogP contribution in [-0.4, -0.2) is 42.6 Å². The number of amides is 1. The average Bonchev–Trinajstić information content (AvgIpc) is 2.91. The van der Waals surface area contributed by atoms with Gasteiger partial charge in [-0.1, -0.05) is 25.1 Å². The van der Waals surface area contributed by atoms with Crippen LogP contribution in [0, 0.1) is 11.3 Å². The van der Waals surface area contributed by atoms with Gasteiger partial charge in [0, 0.05) is 26.8 Å². The Hall–Kier alpha value is -0.680. The van der Waals surface area contributed by atoms with E-state index in [1.807, 2.05) is 11.9 Å². The van der Waals surface area contributed by atoms with E-state index in [-0.39, 0.29) is 5.91 Å². The van der Waals surface area contributed by atoms with Crippen molar-refractivity contribution in [2.24, 2.45) is 17.1 Å². The molecule has 0 unspecified atom stereocenters. The van der Waals surface area contributed by atoms with Crippen molar-refractivity contribution in [2.75, 3.05) is 26.8 Å². The first-order chi connectivity index (χ1) is 9.06. The Balaban J connectivity index is 2.03. The molecule has 1 saturated carbocycles. The number of ether oxygens (including phenoxy) is 1. The second-order valence-electron chi connectivity index (χ2n) is 5.89. The van der Waals surface area contributed by atoms with Gasteiger partial charge in [0.15, 0.2) is 0 Å². The first-order valence-corrected chi connectivity index (χ1v) is 7.60. The van der Waals surface area contributed by atoms with Crippen LogP contribution in [0.1, 0.15) is 38.5 Å². The van der Waals surface area contributed by atoms with Crippen molar-refractivity contribution in [2.45, 2.75) is 38.5 Å². The molecule has 1 saturated heterocycles. The van der Waals surface area contributed by atoms with Gasteiger partial charge >= 0.3 is 0 Å². The van der Waals surface area contributed by atoms with Crippen molar-refractivity contribution in [3.63, 3.8) is 0 Å². The van der Waals surface area contributed by atoms with Crippen molar-refractivity contribution in [3.8, 4) is 0 Å². The van der Waals surface area contributed by atoms with Crippen LogP contribution in [0.3, 0.4) is 0 Å². The molecule has 2 N–H and O–H groups in total. The third-order valence-electron chi connectivity index (χ3n) is 4.58. The van der Waals surface area contributed by atoms with Crippen LogP contribution in [0.15, 0.2) is 0 Å². The van der Waals surface area contributed by atoms with Crippen LogP contribution in [0.2, 0.25) is 0 Å². The Bertz CT molecular complexity index is 347. The van der Waals surface area contributed by atoms with Crippen LogP contribution in [-0.2, 0) is 9.53 Å². The lowest BCUT2D eigenvalue weighted by atomic mass is 9.78. The van der Waals surface area contributed by atoms with Crippen LogP contribution >= 0.6 is 12.2 Å². The second-order valence-corrected chi connectivity index (χ2v) is 6.33. The number of nitrogens with zero attached hydrogens (tertiary/aromatic N) is 1. The molecule has 2 rings (SSSR count). The van der Waals surface area contributed by atoms with Crippen LogP contribution in [0.5, 0.6) is 0 Å². The van der Waals surface area contributed by atoms with Gasteiger partial charge in [0.25, 0.3) is 0 Å². The van der Waals surface area contributed by atoms with Gasteiger partial charge in [-0.2, -0.15) is 0 Å². The Labute approximate surface area is 120 Å². The second kappa shape index (κ2) is 6.18. The van der Waals surface area contributed by atoms with Gasteiger partial charge < -0.3 is 15.4 Å². The first kappa shape index (κ1) is 14.7. The molecule has 5 heteroatoms. The van der Waals surface area contributed by atoms with E-state index in [0.717, 1.165) is 6.54 Å². The fraction of sp³-hybridized carbons (Fsp3) is 0.857. The molecule has 1 amide bonds. The Morgan fingerprint density at radius 1 is 1.37 bits per heavy atom. The molecule has 4 nitrogen and oxygen atoms in total. The van der Waals surface area contributed by atoms with E-state index < -0.39 is 5.41 Å². The van der Waals surface area contributed by atoms with E-state index in [0.29, 0.717) is 37.0 Å². The van der Waals surface area contributed by atoms with Crippen molar-refractivity contribution in [1.82, 2.24) is 4.90 Å². The monoisotopic (exact) mass is 284 g/mol. The number of rotatable bonds is 4. The van der Waals surface area contributed by atoms with Crippen LogP contribution in [0.4, 0.5) is 0 Å². The highest BCUT2D eigenvalue weighted by atomic mass is 32.1. The highest BCUT2D eigenvalue weighted by Crippen LogP contribution is 2.34. The zero-order valence-corrected chi connectivity index (χ0v) is 12.5. The molecule has 1 heterocycles. The average molecular weight is 284 g/mol. The number of hydrogen-bond donors (Lipinski definition) is 1. The lowest BCUT2D eigenvalue weighted by molar-refractivity contribution is -0.141. The first-order valence-electron chi connectivity index (χ1n) is 7.19. The topological polar surface area (TPSA) is 55.6 Å². The van der Waals surface area contributed by atoms with Gasteiger partial charge in [-0.25, -0.2) is 0 Å². The van der Waals surface area contributed by atoms with E-state index in [1.54, 1.807) is 0 Å². The summed E-state index contributed by atoms with van der Waals surface area (Å²) in [4.78, 5) is 14.9. The summed E-state index contributed by atoms with van der Waals surface area (Å²) in [5, 5.41) is 0. The van der Waals surface area contributed by atoms with Crippen molar-refractivity contribution < 1.29 is 9.53 Å². The van der Waals surface area contributed by atoms with Gasteiger partial charge in [-0.05, 0) is 31.6 Å². The molecule has 108 valence electrons. The van der Waals surface area contributed by atoms with Crippen LogP contribution in [0.25, 0.3) is 0 Å². The maximum atomic E-state index is 12.8. The highest BCUT2D eigenvalue weighted by molar-refractivity contribution is 7.80. The summed E-state index contributed by atoms with van der Waals surface area (Å²) in [6, 6.07) is 0. The van der Waals surface area contributed by atoms with Crippen molar-refractivity contribution in [3.05, 3.63) is 0 Å². The Morgan fingerprint density at radius 3 is 2.47 bits per heavy atom. The van der Waals surface area contributed by atoms with Gasteiger partial charge in [-0.3, -0.25) is 4.79 Å². The number of hydrogen-bond acceptors (Lipinski definition) is 3. The summed E-state index contributed by atoms with van der Waals surface area (Å²) < 4.78 is 5.35. The molecule has 0 bridgehead atoms. The maximum absolute atomic E-state index is 12.8. The Kier molecular flexibility index (Phi) is 4.79. The summed E-state index contributed by atoms with van der Waals surface area (Å²) >= 11 is 5.18. The number of carbonyl (C=O) groups excluding carboxylic acids is 1. The van der Waals surface area contributed by atoms with Gasteiger partial charge in [0.05, 0.1) is 4.99 Å². The smallest absolute Gasteiger partial charge is 0.235 e. The van der Waals surface area contributed by atoms with Gasteiger partial charge in [-0.15, -0.1) is 0 Å². The summed E-state index contributed by atoms with van der Waals surface area (Å²) in [7, 11) is 1.89. The molecule has 1 aliphatic heterocycles. The summed E-state index contributed by atoms with van der Waals surface area (Å²) in [5.41, 5.74) is 5.21. The number of thiocarbonyl (C=S) groups is 1. The maximum Gasteiger partial charge on any atom is 0.235 e. The number of carbonyl (C=O) groups is 1. The van der Waals surface area contributed by atoms with E-state index in [4.69, 9.17) is 22.7 Å². The Morgan fingerprint density at radius 2 is 1.95 bits per heavy atom. The molecule has 0 aromatic carbocycles. The lowest BCUT2D eigenvalue weighted by Gasteiger charge is -2.38. The third-order valence-corrected chi connectivity index (χ3v) is 4.97. The van der Waals surface area contributed by atoms with E-state index in [9.17, 15) is 4.79 Å². The molecule has 0 spiro atoms. The summed E-state index contributed by atoms with van der Waals surface area (Å²) in [6.45, 7) is 1.98. The molecular weight excluding hydrogens is 260 g/mol. The predicted molar refractivity (Wildman–Crippen MR) is 78.9 cm³/mol. The van der Waals surface area contributed by atoms with Gasteiger partial charge in [0.2, 0.25) is 5.91 Å². The molecule has 2 aliphatic rings. The normalized spacial score (nSPS) is 23.2. The van der Waals surface area contributed by atoms with E-state index >= 15 is 0 Å². The quantitative estimate of drug-likeness (QED) is 0.799. The molecule has 0 aromatic heterocycles. The van der Waals surface area contributed by atoms with Crippen LogP contribution < -0.4 is 5.73 Å². The molecule has 1 aliphatic carbocycles. The molecule has 2 fully saturated rings. The predicted octanol–water partition coefficient (Wildman–Crippen LogP) is 1.72. The summed E-state index contributed by atoms with van der Waals surface area (Å²) in [5.74, 6) is 0.743. The molecule has 0 radical (unpaired) electrons. The summed E-state index contributed by atoms with van der Waals surface area (Å²) in [6.07, 6.45) is 6.30. The van der Waals surface area contributed by atoms with Crippen molar-refractivity contribution in [1.29, 1.82) is 0 Å². The zero-order chi connectivity index (χ0) is 13.9. The van der Waals surface area contributed by atoms with E-state index in [1.165, 1.54) is 25.7 Å². The fourth-order valence-corrected chi connectivity index (χ4v) is 3.61. The lowest BCUT2D eigenvalue weighted by Crippen LogP contribution is -2.53.